The highest BCUT2D eigenvalue weighted by Gasteiger charge is 2.28. The molecule has 1 aliphatic heterocycles. The molecular weight excluding hydrogens is 150 g/mol. The van der Waals surface area contributed by atoms with E-state index in [1.165, 1.54) is 38.8 Å². The monoisotopic (exact) mass is 169 g/mol. The van der Waals surface area contributed by atoms with Crippen LogP contribution in [0.4, 0.5) is 0 Å². The topological polar surface area (TPSA) is 23.5 Å². The van der Waals surface area contributed by atoms with Crippen LogP contribution in [0.1, 0.15) is 38.5 Å². The van der Waals surface area contributed by atoms with E-state index in [0.717, 1.165) is 12.8 Å². The number of rotatable bonds is 1. The molecule has 0 aromatic heterocycles. The lowest BCUT2D eigenvalue weighted by Gasteiger charge is -2.32. The minimum Gasteiger partial charge on any atom is -0.393 e. The van der Waals surface area contributed by atoms with E-state index in [1.807, 2.05) is 0 Å². The van der Waals surface area contributed by atoms with Gasteiger partial charge in [-0.05, 0) is 45.2 Å². The molecule has 1 N–H and O–H groups in total. The zero-order valence-electron chi connectivity index (χ0n) is 7.71. The average molecular weight is 169 g/mol. The van der Waals surface area contributed by atoms with Crippen molar-refractivity contribution in [3.05, 3.63) is 0 Å². The molecule has 2 nitrogen and oxygen atoms in total. The van der Waals surface area contributed by atoms with Crippen molar-refractivity contribution < 1.29 is 5.11 Å². The molecule has 2 unspecified atom stereocenters. The number of piperidine rings is 1. The standard InChI is InChI=1S/C10H19NO/c12-10-5-4-9(8-10)11-6-2-1-3-7-11/h9-10,12H,1-8H2. The summed E-state index contributed by atoms with van der Waals surface area (Å²) in [6.07, 6.45) is 7.42. The molecule has 2 fully saturated rings. The van der Waals surface area contributed by atoms with Gasteiger partial charge in [-0.2, -0.15) is 0 Å². The Morgan fingerprint density at radius 3 is 2.33 bits per heavy atom. The lowest BCUT2D eigenvalue weighted by atomic mass is 10.1. The highest BCUT2D eigenvalue weighted by Crippen LogP contribution is 2.26. The van der Waals surface area contributed by atoms with E-state index < -0.39 is 0 Å². The molecule has 1 saturated carbocycles. The van der Waals surface area contributed by atoms with Crippen LogP contribution in [0.5, 0.6) is 0 Å². The highest BCUT2D eigenvalue weighted by molar-refractivity contribution is 4.83. The third kappa shape index (κ3) is 1.80. The molecule has 70 valence electrons. The maximum Gasteiger partial charge on any atom is 0.0555 e. The van der Waals surface area contributed by atoms with Gasteiger partial charge in [0.15, 0.2) is 0 Å². The van der Waals surface area contributed by atoms with E-state index in [2.05, 4.69) is 4.90 Å². The van der Waals surface area contributed by atoms with Crippen molar-refractivity contribution in [2.75, 3.05) is 13.1 Å². The molecule has 1 saturated heterocycles. The van der Waals surface area contributed by atoms with E-state index in [-0.39, 0.29) is 6.10 Å². The number of nitrogens with zero attached hydrogens (tertiary/aromatic N) is 1. The summed E-state index contributed by atoms with van der Waals surface area (Å²) >= 11 is 0. The molecule has 0 radical (unpaired) electrons. The predicted molar refractivity (Wildman–Crippen MR) is 49.1 cm³/mol. The van der Waals surface area contributed by atoms with Gasteiger partial charge in [0.2, 0.25) is 0 Å². The van der Waals surface area contributed by atoms with E-state index in [0.29, 0.717) is 6.04 Å². The SMILES string of the molecule is OC1CCC(N2CCCCC2)C1. The summed E-state index contributed by atoms with van der Waals surface area (Å²) in [6, 6.07) is 0.709. The Hall–Kier alpha value is -0.0800. The van der Waals surface area contributed by atoms with E-state index in [1.54, 1.807) is 0 Å². The van der Waals surface area contributed by atoms with Gasteiger partial charge >= 0.3 is 0 Å². The van der Waals surface area contributed by atoms with Gasteiger partial charge in [0, 0.05) is 6.04 Å². The van der Waals surface area contributed by atoms with Crippen molar-refractivity contribution in [3.63, 3.8) is 0 Å². The summed E-state index contributed by atoms with van der Waals surface area (Å²) < 4.78 is 0. The van der Waals surface area contributed by atoms with Gasteiger partial charge in [-0.15, -0.1) is 0 Å². The quantitative estimate of drug-likeness (QED) is 0.641. The van der Waals surface area contributed by atoms with E-state index >= 15 is 0 Å². The maximum absolute atomic E-state index is 9.40. The van der Waals surface area contributed by atoms with Crippen molar-refractivity contribution in [2.45, 2.75) is 50.7 Å². The van der Waals surface area contributed by atoms with Gasteiger partial charge in [0.25, 0.3) is 0 Å². The Morgan fingerprint density at radius 2 is 1.75 bits per heavy atom. The maximum atomic E-state index is 9.40. The second-order valence-corrected chi connectivity index (χ2v) is 4.22. The first-order valence-corrected chi connectivity index (χ1v) is 5.28. The Labute approximate surface area is 74.6 Å². The van der Waals surface area contributed by atoms with Crippen molar-refractivity contribution in [2.24, 2.45) is 0 Å². The number of likely N-dealkylation sites (tertiary alicyclic amines) is 1. The Balaban J connectivity index is 1.83. The number of aliphatic hydroxyl groups is 1. The van der Waals surface area contributed by atoms with Crippen LogP contribution in [0.2, 0.25) is 0 Å². The van der Waals surface area contributed by atoms with Crippen molar-refractivity contribution in [1.29, 1.82) is 0 Å². The average Bonchev–Trinajstić information content (AvgIpc) is 2.54. The van der Waals surface area contributed by atoms with Crippen LogP contribution in [0.15, 0.2) is 0 Å². The van der Waals surface area contributed by atoms with Gasteiger partial charge in [0.1, 0.15) is 0 Å². The molecule has 2 atom stereocenters. The van der Waals surface area contributed by atoms with Crippen molar-refractivity contribution in [3.8, 4) is 0 Å². The normalized spacial score (nSPS) is 38.8. The molecule has 0 aromatic carbocycles. The van der Waals surface area contributed by atoms with Gasteiger partial charge < -0.3 is 10.0 Å². The van der Waals surface area contributed by atoms with Gasteiger partial charge in [-0.3, -0.25) is 0 Å². The number of hydrogen-bond acceptors (Lipinski definition) is 2. The molecule has 12 heavy (non-hydrogen) atoms. The highest BCUT2D eigenvalue weighted by atomic mass is 16.3. The fourth-order valence-electron chi connectivity index (χ4n) is 2.55. The van der Waals surface area contributed by atoms with Crippen molar-refractivity contribution in [1.82, 2.24) is 4.90 Å². The molecular formula is C10H19NO. The molecule has 0 amide bonds. The van der Waals surface area contributed by atoms with Crippen LogP contribution >= 0.6 is 0 Å². The molecule has 0 spiro atoms. The zero-order valence-corrected chi connectivity index (χ0v) is 7.71. The first-order valence-electron chi connectivity index (χ1n) is 5.28. The molecule has 0 bridgehead atoms. The molecule has 0 aromatic rings. The van der Waals surface area contributed by atoms with E-state index in [4.69, 9.17) is 0 Å². The van der Waals surface area contributed by atoms with Crippen LogP contribution in [0.3, 0.4) is 0 Å². The Bertz CT molecular complexity index is 140. The smallest absolute Gasteiger partial charge is 0.0555 e. The molecule has 2 heteroatoms. The van der Waals surface area contributed by atoms with E-state index in [9.17, 15) is 5.11 Å². The third-order valence-corrected chi connectivity index (χ3v) is 3.28. The molecule has 2 rings (SSSR count). The first kappa shape index (κ1) is 8.52. The van der Waals surface area contributed by atoms with Crippen molar-refractivity contribution >= 4 is 0 Å². The summed E-state index contributed by atoms with van der Waals surface area (Å²) in [5.74, 6) is 0. The third-order valence-electron chi connectivity index (χ3n) is 3.28. The van der Waals surface area contributed by atoms with Crippen LogP contribution in [-0.2, 0) is 0 Å². The zero-order chi connectivity index (χ0) is 8.39. The predicted octanol–water partition coefficient (Wildman–Crippen LogP) is 1.39. The van der Waals surface area contributed by atoms with Crippen LogP contribution in [0, 0.1) is 0 Å². The van der Waals surface area contributed by atoms with Crippen LogP contribution in [0.25, 0.3) is 0 Å². The van der Waals surface area contributed by atoms with Gasteiger partial charge in [0.05, 0.1) is 6.10 Å². The summed E-state index contributed by atoms with van der Waals surface area (Å²) in [6.45, 7) is 2.55. The summed E-state index contributed by atoms with van der Waals surface area (Å²) in [4.78, 5) is 2.58. The summed E-state index contributed by atoms with van der Waals surface area (Å²) in [7, 11) is 0. The fraction of sp³-hybridized carbons (Fsp3) is 1.00. The first-order chi connectivity index (χ1) is 5.86. The largest absolute Gasteiger partial charge is 0.393 e. The Kier molecular flexibility index (Phi) is 2.66. The fourth-order valence-corrected chi connectivity index (χ4v) is 2.55. The lowest BCUT2D eigenvalue weighted by molar-refractivity contribution is 0.136. The minimum absolute atomic E-state index is 0.00285. The lowest BCUT2D eigenvalue weighted by Crippen LogP contribution is -2.37. The van der Waals surface area contributed by atoms with Gasteiger partial charge in [-0.1, -0.05) is 6.42 Å². The second kappa shape index (κ2) is 3.75. The van der Waals surface area contributed by atoms with Gasteiger partial charge in [-0.25, -0.2) is 0 Å². The Morgan fingerprint density at radius 1 is 1.00 bits per heavy atom. The summed E-state index contributed by atoms with van der Waals surface area (Å²) in [5, 5.41) is 9.40. The summed E-state index contributed by atoms with van der Waals surface area (Å²) in [5.41, 5.74) is 0. The molecule has 1 aliphatic carbocycles. The minimum atomic E-state index is -0.00285. The number of aliphatic hydroxyl groups excluding tert-OH is 1. The second-order valence-electron chi connectivity index (χ2n) is 4.22. The van der Waals surface area contributed by atoms with Crippen LogP contribution < -0.4 is 0 Å². The molecule has 1 heterocycles. The molecule has 2 aliphatic rings. The number of hydrogen-bond donors (Lipinski definition) is 1. The van der Waals surface area contributed by atoms with Crippen LogP contribution in [-0.4, -0.2) is 35.2 Å².